The molecule has 0 atom stereocenters. The highest BCUT2D eigenvalue weighted by atomic mass is 14.0. The van der Waals surface area contributed by atoms with Crippen LogP contribution in [0.4, 0.5) is 0 Å². The standard InChI is InChI=1S/C13H25/c1-4-6-8-9-10-12-13(3)11-7-5-2/h1,3-12H2,2H3. The van der Waals surface area contributed by atoms with Gasteiger partial charge in [-0.1, -0.05) is 58.1 Å². The van der Waals surface area contributed by atoms with Crippen molar-refractivity contribution in [2.24, 2.45) is 0 Å². The first-order valence-corrected chi connectivity index (χ1v) is 5.77. The zero-order chi connectivity index (χ0) is 9.94. The van der Waals surface area contributed by atoms with Gasteiger partial charge in [0.2, 0.25) is 0 Å². The maximum atomic E-state index is 4.10. The lowest BCUT2D eigenvalue weighted by Gasteiger charge is -2.04. The van der Waals surface area contributed by atoms with Gasteiger partial charge in [0.25, 0.3) is 0 Å². The van der Waals surface area contributed by atoms with E-state index in [1.807, 2.05) is 0 Å². The molecular formula is C13H25. The lowest BCUT2D eigenvalue weighted by molar-refractivity contribution is 0.630. The van der Waals surface area contributed by atoms with Gasteiger partial charge < -0.3 is 0 Å². The monoisotopic (exact) mass is 181 g/mol. The van der Waals surface area contributed by atoms with E-state index >= 15 is 0 Å². The van der Waals surface area contributed by atoms with Gasteiger partial charge in [-0.2, -0.15) is 0 Å². The summed E-state index contributed by atoms with van der Waals surface area (Å²) in [6.45, 7) is 10.2. The van der Waals surface area contributed by atoms with Crippen molar-refractivity contribution in [1.29, 1.82) is 0 Å². The van der Waals surface area contributed by atoms with E-state index in [9.17, 15) is 0 Å². The average Bonchev–Trinajstić information content (AvgIpc) is 2.14. The lowest BCUT2D eigenvalue weighted by atomic mass is 10.0. The van der Waals surface area contributed by atoms with Crippen LogP contribution in [0.2, 0.25) is 0 Å². The minimum Gasteiger partial charge on any atom is -0.0999 e. The molecule has 0 aliphatic rings. The largest absolute Gasteiger partial charge is 0.0999 e. The molecule has 0 aliphatic carbocycles. The van der Waals surface area contributed by atoms with Crippen LogP contribution < -0.4 is 0 Å². The van der Waals surface area contributed by atoms with Crippen LogP contribution in [0.25, 0.3) is 0 Å². The Balaban J connectivity index is 3.08. The van der Waals surface area contributed by atoms with Crippen LogP contribution >= 0.6 is 0 Å². The fraction of sp³-hybridized carbons (Fsp3) is 0.769. The maximum absolute atomic E-state index is 4.10. The molecule has 0 aromatic rings. The van der Waals surface area contributed by atoms with Crippen LogP contribution in [0.5, 0.6) is 0 Å². The molecule has 0 bridgehead atoms. The summed E-state index contributed by atoms with van der Waals surface area (Å²) in [6.07, 6.45) is 11.5. The van der Waals surface area contributed by atoms with Gasteiger partial charge in [-0.3, -0.25) is 0 Å². The highest BCUT2D eigenvalue weighted by Gasteiger charge is 1.94. The minimum absolute atomic E-state index is 1.09. The molecule has 0 heterocycles. The molecule has 1 radical (unpaired) electrons. The van der Waals surface area contributed by atoms with E-state index in [0.717, 1.165) is 6.42 Å². The van der Waals surface area contributed by atoms with E-state index in [0.29, 0.717) is 0 Å². The number of hydrogen-bond acceptors (Lipinski definition) is 0. The molecule has 0 spiro atoms. The molecule has 0 N–H and O–H groups in total. The Hall–Kier alpha value is -0.260. The molecular weight excluding hydrogens is 156 g/mol. The van der Waals surface area contributed by atoms with E-state index in [4.69, 9.17) is 0 Å². The molecule has 0 heteroatoms. The quantitative estimate of drug-likeness (QED) is 0.350. The third-order valence-corrected chi connectivity index (χ3v) is 2.41. The summed E-state index contributed by atoms with van der Waals surface area (Å²) in [7, 11) is 0. The van der Waals surface area contributed by atoms with Crippen molar-refractivity contribution in [1.82, 2.24) is 0 Å². The van der Waals surface area contributed by atoms with E-state index in [1.165, 1.54) is 56.9 Å². The Morgan fingerprint density at radius 3 is 2.15 bits per heavy atom. The molecule has 0 unspecified atom stereocenters. The summed E-state index contributed by atoms with van der Waals surface area (Å²) < 4.78 is 0. The topological polar surface area (TPSA) is 0 Å². The molecule has 77 valence electrons. The predicted octanol–water partition coefficient (Wildman–Crippen LogP) is 4.91. The normalized spacial score (nSPS) is 10.3. The highest BCUT2D eigenvalue weighted by molar-refractivity contribution is 4.93. The van der Waals surface area contributed by atoms with Crippen molar-refractivity contribution in [3.8, 4) is 0 Å². The smallest absolute Gasteiger partial charge is 0.0323 e. The van der Waals surface area contributed by atoms with Crippen molar-refractivity contribution >= 4 is 0 Å². The molecule has 0 fully saturated rings. The Labute approximate surface area is 84.4 Å². The maximum Gasteiger partial charge on any atom is -0.0323 e. The first-order valence-electron chi connectivity index (χ1n) is 5.77. The predicted molar refractivity (Wildman–Crippen MR) is 61.7 cm³/mol. The van der Waals surface area contributed by atoms with Crippen molar-refractivity contribution in [3.05, 3.63) is 19.1 Å². The fourth-order valence-electron chi connectivity index (χ4n) is 1.46. The summed E-state index contributed by atoms with van der Waals surface area (Å²) in [5.41, 5.74) is 1.46. The van der Waals surface area contributed by atoms with Gasteiger partial charge in [0.15, 0.2) is 0 Å². The van der Waals surface area contributed by atoms with Gasteiger partial charge in [0.05, 0.1) is 0 Å². The molecule has 0 rings (SSSR count). The summed E-state index contributed by atoms with van der Waals surface area (Å²) in [5.74, 6) is 0. The number of unbranched alkanes of at least 4 members (excludes halogenated alkanes) is 5. The fourth-order valence-corrected chi connectivity index (χ4v) is 1.46. The zero-order valence-corrected chi connectivity index (χ0v) is 9.28. The summed E-state index contributed by atoms with van der Waals surface area (Å²) >= 11 is 0. The first-order chi connectivity index (χ1) is 6.31. The Morgan fingerprint density at radius 1 is 0.923 bits per heavy atom. The van der Waals surface area contributed by atoms with E-state index in [-0.39, 0.29) is 0 Å². The first kappa shape index (κ1) is 12.7. The van der Waals surface area contributed by atoms with E-state index in [2.05, 4.69) is 20.4 Å². The van der Waals surface area contributed by atoms with Crippen LogP contribution in [0.3, 0.4) is 0 Å². The summed E-state index contributed by atoms with van der Waals surface area (Å²) in [5, 5.41) is 0. The SMILES string of the molecule is [CH2]CCCCCCC(=C)CCCC. The van der Waals surface area contributed by atoms with Crippen LogP contribution in [0.15, 0.2) is 12.2 Å². The van der Waals surface area contributed by atoms with Gasteiger partial charge in [-0.15, -0.1) is 0 Å². The van der Waals surface area contributed by atoms with Crippen LogP contribution in [0, 0.1) is 6.92 Å². The lowest BCUT2D eigenvalue weighted by Crippen LogP contribution is -1.84. The van der Waals surface area contributed by atoms with E-state index < -0.39 is 0 Å². The third kappa shape index (κ3) is 9.66. The molecule has 13 heavy (non-hydrogen) atoms. The Bertz CT molecular complexity index is 113. The number of allylic oxidation sites excluding steroid dienone is 1. The molecule has 0 saturated carbocycles. The molecule has 0 aromatic carbocycles. The minimum atomic E-state index is 1.09. The summed E-state index contributed by atoms with van der Waals surface area (Å²) in [4.78, 5) is 0. The van der Waals surface area contributed by atoms with Crippen LogP contribution in [-0.4, -0.2) is 0 Å². The summed E-state index contributed by atoms with van der Waals surface area (Å²) in [6, 6.07) is 0. The molecule has 0 aromatic heterocycles. The van der Waals surface area contributed by atoms with E-state index in [1.54, 1.807) is 0 Å². The van der Waals surface area contributed by atoms with Crippen molar-refractivity contribution in [3.63, 3.8) is 0 Å². The molecule has 0 saturated heterocycles. The van der Waals surface area contributed by atoms with Crippen molar-refractivity contribution in [2.45, 2.75) is 64.7 Å². The Morgan fingerprint density at radius 2 is 1.54 bits per heavy atom. The Kier molecular flexibility index (Phi) is 9.63. The third-order valence-electron chi connectivity index (χ3n) is 2.41. The van der Waals surface area contributed by atoms with Gasteiger partial charge in [0, 0.05) is 0 Å². The second-order valence-corrected chi connectivity index (χ2v) is 3.87. The zero-order valence-electron chi connectivity index (χ0n) is 9.28. The van der Waals surface area contributed by atoms with Crippen molar-refractivity contribution in [2.75, 3.05) is 0 Å². The second kappa shape index (κ2) is 9.83. The van der Waals surface area contributed by atoms with Crippen LogP contribution in [-0.2, 0) is 0 Å². The highest BCUT2D eigenvalue weighted by Crippen LogP contribution is 2.14. The van der Waals surface area contributed by atoms with Crippen molar-refractivity contribution < 1.29 is 0 Å². The van der Waals surface area contributed by atoms with Gasteiger partial charge >= 0.3 is 0 Å². The van der Waals surface area contributed by atoms with Crippen LogP contribution in [0.1, 0.15) is 64.7 Å². The molecule has 0 aliphatic heterocycles. The average molecular weight is 181 g/mol. The molecule has 0 nitrogen and oxygen atoms in total. The molecule has 0 amide bonds. The van der Waals surface area contributed by atoms with Gasteiger partial charge in [-0.25, -0.2) is 0 Å². The second-order valence-electron chi connectivity index (χ2n) is 3.87. The number of rotatable bonds is 9. The van der Waals surface area contributed by atoms with Gasteiger partial charge in [0.1, 0.15) is 0 Å². The number of hydrogen-bond donors (Lipinski definition) is 0. The van der Waals surface area contributed by atoms with Gasteiger partial charge in [-0.05, 0) is 25.7 Å².